The number of aromatic nitrogens is 1. The Balaban J connectivity index is 1.54. The molecule has 0 bridgehead atoms. The zero-order valence-corrected chi connectivity index (χ0v) is 14.4. The molecule has 2 aromatic rings. The number of nitriles is 1. The predicted octanol–water partition coefficient (Wildman–Crippen LogP) is 2.20. The summed E-state index contributed by atoms with van der Waals surface area (Å²) in [6, 6.07) is 3.93. The maximum atomic E-state index is 12.3. The summed E-state index contributed by atoms with van der Waals surface area (Å²) >= 11 is 1.49. The summed E-state index contributed by atoms with van der Waals surface area (Å²) in [5, 5.41) is 9.11. The summed E-state index contributed by atoms with van der Waals surface area (Å²) in [4.78, 5) is 21.2. The van der Waals surface area contributed by atoms with Gasteiger partial charge in [0.2, 0.25) is 17.5 Å². The molecule has 0 unspecified atom stereocenters. The van der Waals surface area contributed by atoms with Gasteiger partial charge in [-0.25, -0.2) is 4.98 Å². The molecule has 0 atom stereocenters. The molecule has 0 saturated carbocycles. The second-order valence-corrected chi connectivity index (χ2v) is 6.51. The van der Waals surface area contributed by atoms with Gasteiger partial charge in [-0.2, -0.15) is 5.26 Å². The van der Waals surface area contributed by atoms with Gasteiger partial charge >= 0.3 is 0 Å². The summed E-state index contributed by atoms with van der Waals surface area (Å²) < 4.78 is 10.8. The van der Waals surface area contributed by atoms with Crippen molar-refractivity contribution in [2.24, 2.45) is 0 Å². The summed E-state index contributed by atoms with van der Waals surface area (Å²) in [6.07, 6.45) is 1.63. The van der Waals surface area contributed by atoms with E-state index in [2.05, 4.69) is 4.98 Å². The number of hydrogen-bond acceptors (Lipinski definition) is 7. The maximum absolute atomic E-state index is 12.3. The molecule has 3 rings (SSSR count). The molecule has 3 heterocycles. The minimum absolute atomic E-state index is 0.106. The van der Waals surface area contributed by atoms with Gasteiger partial charge in [0.25, 0.3) is 0 Å². The molecule has 1 fully saturated rings. The molecule has 7 nitrogen and oxygen atoms in total. The van der Waals surface area contributed by atoms with Crippen molar-refractivity contribution in [1.29, 1.82) is 5.26 Å². The van der Waals surface area contributed by atoms with Crippen LogP contribution >= 0.6 is 11.8 Å². The number of amides is 1. The third-order valence-corrected chi connectivity index (χ3v) is 5.03. The van der Waals surface area contributed by atoms with Crippen molar-refractivity contribution in [3.8, 4) is 6.07 Å². The molecular formula is C16H18N4O3S. The van der Waals surface area contributed by atoms with E-state index in [-0.39, 0.29) is 5.91 Å². The van der Waals surface area contributed by atoms with Gasteiger partial charge in [-0.1, -0.05) is 0 Å². The third kappa shape index (κ3) is 3.41. The van der Waals surface area contributed by atoms with Gasteiger partial charge in [0, 0.05) is 38.0 Å². The van der Waals surface area contributed by atoms with E-state index in [1.54, 1.807) is 13.2 Å². The van der Waals surface area contributed by atoms with Crippen LogP contribution in [-0.4, -0.2) is 47.7 Å². The van der Waals surface area contributed by atoms with Crippen LogP contribution in [-0.2, 0) is 4.79 Å². The molecule has 1 aliphatic heterocycles. The molecule has 0 N–H and O–H groups in total. The Kier molecular flexibility index (Phi) is 4.81. The zero-order chi connectivity index (χ0) is 17.1. The molecule has 2 aromatic heterocycles. The fourth-order valence-electron chi connectivity index (χ4n) is 2.62. The fraction of sp³-hybridized carbons (Fsp3) is 0.438. The number of carbonyl (C=O) groups is 1. The standard InChI is InChI=1S/C16H18N4O3S/c1-11-14(3-8-22-11)24-10-15(21)19-4-6-20(7-5-19)16-13(9-17)18-12(2)23-16/h3,8H,4-7,10H2,1-2H3. The summed E-state index contributed by atoms with van der Waals surface area (Å²) in [5.74, 6) is 2.32. The molecule has 0 radical (unpaired) electrons. The number of piperazine rings is 1. The average Bonchev–Trinajstić information content (AvgIpc) is 3.18. The minimum Gasteiger partial charge on any atom is -0.468 e. The van der Waals surface area contributed by atoms with Gasteiger partial charge in [-0.05, 0) is 13.0 Å². The van der Waals surface area contributed by atoms with E-state index in [4.69, 9.17) is 14.1 Å². The van der Waals surface area contributed by atoms with Gasteiger partial charge < -0.3 is 18.6 Å². The summed E-state index contributed by atoms with van der Waals surface area (Å²) in [7, 11) is 0. The second kappa shape index (κ2) is 7.01. The van der Waals surface area contributed by atoms with Gasteiger partial charge in [-0.3, -0.25) is 4.79 Å². The molecule has 1 amide bonds. The fourth-order valence-corrected chi connectivity index (χ4v) is 3.48. The smallest absolute Gasteiger partial charge is 0.234 e. The Morgan fingerprint density at radius 3 is 2.75 bits per heavy atom. The lowest BCUT2D eigenvalue weighted by Crippen LogP contribution is -2.49. The number of rotatable bonds is 4. The molecular weight excluding hydrogens is 328 g/mol. The van der Waals surface area contributed by atoms with E-state index in [1.807, 2.05) is 28.9 Å². The van der Waals surface area contributed by atoms with Crippen LogP contribution in [0, 0.1) is 25.2 Å². The van der Waals surface area contributed by atoms with Gasteiger partial charge in [0.1, 0.15) is 11.8 Å². The van der Waals surface area contributed by atoms with E-state index >= 15 is 0 Å². The summed E-state index contributed by atoms with van der Waals surface area (Å²) in [5.41, 5.74) is 0.304. The van der Waals surface area contributed by atoms with Crippen LogP contribution in [0.15, 0.2) is 26.1 Å². The Morgan fingerprint density at radius 1 is 1.38 bits per heavy atom. The highest BCUT2D eigenvalue weighted by atomic mass is 32.2. The van der Waals surface area contributed by atoms with Crippen molar-refractivity contribution in [2.75, 3.05) is 36.8 Å². The lowest BCUT2D eigenvalue weighted by Gasteiger charge is -2.34. The Labute approximate surface area is 144 Å². The number of carbonyl (C=O) groups excluding carboxylic acids is 1. The highest BCUT2D eigenvalue weighted by Gasteiger charge is 2.25. The largest absolute Gasteiger partial charge is 0.468 e. The number of nitrogens with zero attached hydrogens (tertiary/aromatic N) is 4. The van der Waals surface area contributed by atoms with E-state index in [9.17, 15) is 4.79 Å². The first-order chi connectivity index (χ1) is 11.6. The number of aryl methyl sites for hydroxylation is 2. The van der Waals surface area contributed by atoms with E-state index in [0.29, 0.717) is 49.4 Å². The Hall–Kier alpha value is -2.40. The monoisotopic (exact) mass is 346 g/mol. The number of anilines is 1. The van der Waals surface area contributed by atoms with Crippen molar-refractivity contribution in [1.82, 2.24) is 9.88 Å². The quantitative estimate of drug-likeness (QED) is 0.784. The molecule has 8 heteroatoms. The predicted molar refractivity (Wildman–Crippen MR) is 88.9 cm³/mol. The molecule has 1 saturated heterocycles. The normalized spacial score (nSPS) is 14.7. The first-order valence-corrected chi connectivity index (χ1v) is 8.64. The molecule has 0 spiro atoms. The van der Waals surface area contributed by atoms with Crippen molar-refractivity contribution >= 4 is 23.6 Å². The van der Waals surface area contributed by atoms with Crippen LogP contribution in [0.5, 0.6) is 0 Å². The minimum atomic E-state index is 0.106. The highest BCUT2D eigenvalue weighted by Crippen LogP contribution is 2.25. The zero-order valence-electron chi connectivity index (χ0n) is 13.6. The second-order valence-electron chi connectivity index (χ2n) is 5.50. The van der Waals surface area contributed by atoms with Crippen molar-refractivity contribution in [2.45, 2.75) is 18.7 Å². The van der Waals surface area contributed by atoms with Gasteiger partial charge in [0.15, 0.2) is 5.89 Å². The van der Waals surface area contributed by atoms with Crippen LogP contribution in [0.2, 0.25) is 0 Å². The summed E-state index contributed by atoms with van der Waals surface area (Å²) in [6.45, 7) is 6.08. The van der Waals surface area contributed by atoms with Crippen molar-refractivity contribution in [3.05, 3.63) is 29.7 Å². The lowest BCUT2D eigenvalue weighted by atomic mass is 10.3. The first kappa shape index (κ1) is 16.5. The van der Waals surface area contributed by atoms with Gasteiger partial charge in [0.05, 0.1) is 12.0 Å². The van der Waals surface area contributed by atoms with Crippen LogP contribution in [0.25, 0.3) is 0 Å². The topological polar surface area (TPSA) is 86.5 Å². The third-order valence-electron chi connectivity index (χ3n) is 3.90. The number of furan rings is 1. The van der Waals surface area contributed by atoms with Crippen LogP contribution in [0.4, 0.5) is 5.88 Å². The Bertz CT molecular complexity index is 769. The number of oxazole rings is 1. The molecule has 0 aliphatic carbocycles. The lowest BCUT2D eigenvalue weighted by molar-refractivity contribution is -0.128. The number of thioether (sulfide) groups is 1. The van der Waals surface area contributed by atoms with Crippen LogP contribution in [0.1, 0.15) is 17.3 Å². The molecule has 1 aliphatic rings. The average molecular weight is 346 g/mol. The van der Waals surface area contributed by atoms with Crippen molar-refractivity contribution < 1.29 is 13.6 Å². The van der Waals surface area contributed by atoms with Crippen LogP contribution < -0.4 is 4.90 Å². The molecule has 24 heavy (non-hydrogen) atoms. The SMILES string of the molecule is Cc1nc(C#N)c(N2CCN(C(=O)CSc3ccoc3C)CC2)o1. The van der Waals surface area contributed by atoms with Gasteiger partial charge in [-0.15, -0.1) is 11.8 Å². The first-order valence-electron chi connectivity index (χ1n) is 7.65. The molecule has 126 valence electrons. The highest BCUT2D eigenvalue weighted by molar-refractivity contribution is 8.00. The Morgan fingerprint density at radius 2 is 2.12 bits per heavy atom. The van der Waals surface area contributed by atoms with E-state index in [0.717, 1.165) is 10.7 Å². The van der Waals surface area contributed by atoms with E-state index < -0.39 is 0 Å². The van der Waals surface area contributed by atoms with Crippen molar-refractivity contribution in [3.63, 3.8) is 0 Å². The molecule has 0 aromatic carbocycles. The maximum Gasteiger partial charge on any atom is 0.234 e. The van der Waals surface area contributed by atoms with E-state index in [1.165, 1.54) is 11.8 Å². The van der Waals surface area contributed by atoms with Crippen LogP contribution in [0.3, 0.4) is 0 Å². The number of hydrogen-bond donors (Lipinski definition) is 0.